The molecule has 7 heteroatoms. The van der Waals surface area contributed by atoms with Crippen molar-refractivity contribution in [2.45, 2.75) is 0 Å². The Morgan fingerprint density at radius 2 is 2.04 bits per heavy atom. The fraction of sp³-hybridized carbons (Fsp3) is 0.300. The lowest BCUT2D eigenvalue weighted by atomic mass is 10.2. The number of nitrogens with one attached hydrogen (secondary N) is 1. The van der Waals surface area contributed by atoms with Gasteiger partial charge in [0.2, 0.25) is 0 Å². The van der Waals surface area contributed by atoms with Crippen molar-refractivity contribution in [3.63, 3.8) is 0 Å². The molecular formula is C20H22N2O5. The normalized spacial score (nSPS) is 10.3. The summed E-state index contributed by atoms with van der Waals surface area (Å²) >= 11 is 0. The van der Waals surface area contributed by atoms with Gasteiger partial charge in [-0.05, 0) is 24.3 Å². The molecule has 142 valence electrons. The van der Waals surface area contributed by atoms with Crippen LogP contribution in [0.25, 0.3) is 10.9 Å². The Labute approximate surface area is 157 Å². The monoisotopic (exact) mass is 370 g/mol. The van der Waals surface area contributed by atoms with Gasteiger partial charge in [-0.15, -0.1) is 6.42 Å². The predicted octanol–water partition coefficient (Wildman–Crippen LogP) is 1.63. The number of hydrogen-bond acceptors (Lipinski definition) is 5. The van der Waals surface area contributed by atoms with E-state index in [1.165, 1.54) is 10.6 Å². The quantitative estimate of drug-likeness (QED) is 0.370. The van der Waals surface area contributed by atoms with E-state index in [1.54, 1.807) is 30.5 Å². The lowest BCUT2D eigenvalue weighted by Gasteiger charge is -2.09. The van der Waals surface area contributed by atoms with Gasteiger partial charge in [0, 0.05) is 18.1 Å². The van der Waals surface area contributed by atoms with Crippen LogP contribution in [0.1, 0.15) is 4.79 Å². The topological polar surface area (TPSA) is 78.8 Å². The molecule has 1 aromatic heterocycles. The SMILES string of the molecule is C#CCOCCOCCNC(=O)COc1cccc2c1ccn2C(=O)C=C. The summed E-state index contributed by atoms with van der Waals surface area (Å²) in [4.78, 5) is 23.7. The van der Waals surface area contributed by atoms with Crippen molar-refractivity contribution in [3.8, 4) is 18.1 Å². The van der Waals surface area contributed by atoms with E-state index in [4.69, 9.17) is 20.6 Å². The third-order valence-corrected chi connectivity index (χ3v) is 3.59. The first-order valence-electron chi connectivity index (χ1n) is 8.42. The van der Waals surface area contributed by atoms with Crippen molar-refractivity contribution < 1.29 is 23.8 Å². The van der Waals surface area contributed by atoms with Crippen LogP contribution in [0.5, 0.6) is 5.75 Å². The Morgan fingerprint density at radius 3 is 2.81 bits per heavy atom. The van der Waals surface area contributed by atoms with Crippen LogP contribution in [0.4, 0.5) is 0 Å². The van der Waals surface area contributed by atoms with Crippen molar-refractivity contribution in [1.82, 2.24) is 9.88 Å². The van der Waals surface area contributed by atoms with Crippen LogP contribution in [-0.2, 0) is 14.3 Å². The van der Waals surface area contributed by atoms with Crippen LogP contribution in [0.15, 0.2) is 43.1 Å². The highest BCUT2D eigenvalue weighted by Crippen LogP contribution is 2.26. The molecule has 0 aliphatic rings. The number of nitrogens with zero attached hydrogens (tertiary/aromatic N) is 1. The first-order chi connectivity index (χ1) is 13.2. The number of allylic oxidation sites excluding steroid dienone is 1. The van der Waals surface area contributed by atoms with E-state index in [1.807, 2.05) is 0 Å². The van der Waals surface area contributed by atoms with Gasteiger partial charge in [0.15, 0.2) is 6.61 Å². The summed E-state index contributed by atoms with van der Waals surface area (Å²) in [5.74, 6) is 2.39. The van der Waals surface area contributed by atoms with Gasteiger partial charge in [-0.3, -0.25) is 14.2 Å². The molecule has 0 bridgehead atoms. The lowest BCUT2D eigenvalue weighted by molar-refractivity contribution is -0.123. The lowest BCUT2D eigenvalue weighted by Crippen LogP contribution is -2.31. The van der Waals surface area contributed by atoms with Crippen molar-refractivity contribution in [2.24, 2.45) is 0 Å². The molecular weight excluding hydrogens is 348 g/mol. The molecule has 0 aliphatic carbocycles. The van der Waals surface area contributed by atoms with Crippen LogP contribution in [0.2, 0.25) is 0 Å². The molecule has 1 heterocycles. The summed E-state index contributed by atoms with van der Waals surface area (Å²) in [6.07, 6.45) is 7.94. The molecule has 27 heavy (non-hydrogen) atoms. The average molecular weight is 370 g/mol. The standard InChI is InChI=1S/C20H22N2O5/c1-3-11-25-13-14-26-12-9-21-19(23)15-27-18-7-5-6-17-16(18)8-10-22(17)20(24)4-2/h1,4-8,10H,2,9,11-15H2,(H,21,23). The number of carbonyl (C=O) groups is 2. The number of ether oxygens (including phenoxy) is 3. The average Bonchev–Trinajstić information content (AvgIpc) is 3.12. The molecule has 1 N–H and O–H groups in total. The highest BCUT2D eigenvalue weighted by Gasteiger charge is 2.11. The van der Waals surface area contributed by atoms with Crippen molar-refractivity contribution in [1.29, 1.82) is 0 Å². The molecule has 1 aromatic carbocycles. The molecule has 0 saturated carbocycles. The summed E-state index contributed by atoms with van der Waals surface area (Å²) in [6, 6.07) is 7.07. The second-order valence-electron chi connectivity index (χ2n) is 5.42. The van der Waals surface area contributed by atoms with Gasteiger partial charge in [0.05, 0.1) is 25.3 Å². The fourth-order valence-corrected chi connectivity index (χ4v) is 2.36. The highest BCUT2D eigenvalue weighted by molar-refractivity contribution is 5.99. The van der Waals surface area contributed by atoms with E-state index in [0.29, 0.717) is 37.6 Å². The van der Waals surface area contributed by atoms with Crippen molar-refractivity contribution in [2.75, 3.05) is 39.6 Å². The Hall–Kier alpha value is -3.08. The maximum Gasteiger partial charge on any atom is 0.258 e. The van der Waals surface area contributed by atoms with Crippen molar-refractivity contribution in [3.05, 3.63) is 43.1 Å². The fourth-order valence-electron chi connectivity index (χ4n) is 2.36. The maximum atomic E-state index is 11.9. The zero-order chi connectivity index (χ0) is 19.5. The van der Waals surface area contributed by atoms with Gasteiger partial charge in [0.1, 0.15) is 12.4 Å². The Balaban J connectivity index is 1.75. The number of benzene rings is 1. The van der Waals surface area contributed by atoms with Crippen LogP contribution in [0.3, 0.4) is 0 Å². The van der Waals surface area contributed by atoms with Gasteiger partial charge in [-0.25, -0.2) is 0 Å². The van der Waals surface area contributed by atoms with E-state index in [2.05, 4.69) is 17.8 Å². The summed E-state index contributed by atoms with van der Waals surface area (Å²) < 4.78 is 17.4. The molecule has 2 rings (SSSR count). The van der Waals surface area contributed by atoms with Crippen LogP contribution in [0, 0.1) is 12.3 Å². The van der Waals surface area contributed by atoms with Crippen molar-refractivity contribution >= 4 is 22.7 Å². The molecule has 0 unspecified atom stereocenters. The second kappa shape index (κ2) is 10.8. The second-order valence-corrected chi connectivity index (χ2v) is 5.42. The summed E-state index contributed by atoms with van der Waals surface area (Å²) in [7, 11) is 0. The Morgan fingerprint density at radius 1 is 1.22 bits per heavy atom. The minimum absolute atomic E-state index is 0.134. The minimum atomic E-state index is -0.263. The summed E-state index contributed by atoms with van der Waals surface area (Å²) in [5, 5.41) is 3.45. The molecule has 0 spiro atoms. The number of rotatable bonds is 11. The van der Waals surface area contributed by atoms with E-state index in [0.717, 1.165) is 5.39 Å². The number of carbonyl (C=O) groups excluding carboxylic acids is 2. The predicted molar refractivity (Wildman–Crippen MR) is 102 cm³/mol. The Bertz CT molecular complexity index is 834. The largest absolute Gasteiger partial charge is 0.483 e. The number of amides is 1. The molecule has 0 fully saturated rings. The first kappa shape index (κ1) is 20.2. The number of terminal acetylenes is 1. The molecule has 0 radical (unpaired) electrons. The van der Waals surface area contributed by atoms with Crippen LogP contribution >= 0.6 is 0 Å². The van der Waals surface area contributed by atoms with E-state index < -0.39 is 0 Å². The van der Waals surface area contributed by atoms with Gasteiger partial charge in [-0.2, -0.15) is 0 Å². The zero-order valence-corrected chi connectivity index (χ0v) is 15.0. The summed E-state index contributed by atoms with van der Waals surface area (Å²) in [6.45, 7) is 5.18. The molecule has 0 aliphatic heterocycles. The number of fused-ring (bicyclic) bond motifs is 1. The van der Waals surface area contributed by atoms with Gasteiger partial charge >= 0.3 is 0 Å². The molecule has 0 saturated heterocycles. The van der Waals surface area contributed by atoms with Gasteiger partial charge in [-0.1, -0.05) is 18.6 Å². The number of hydrogen-bond donors (Lipinski definition) is 1. The molecule has 2 aromatic rings. The summed E-state index contributed by atoms with van der Waals surface area (Å²) in [5.41, 5.74) is 0.693. The smallest absolute Gasteiger partial charge is 0.258 e. The van der Waals surface area contributed by atoms with Crippen LogP contribution in [-0.4, -0.2) is 56.0 Å². The number of aromatic nitrogens is 1. The third-order valence-electron chi connectivity index (χ3n) is 3.59. The van der Waals surface area contributed by atoms with Gasteiger partial charge in [0.25, 0.3) is 11.8 Å². The molecule has 1 amide bonds. The van der Waals surface area contributed by atoms with Crippen LogP contribution < -0.4 is 10.1 Å². The minimum Gasteiger partial charge on any atom is -0.483 e. The van der Waals surface area contributed by atoms with E-state index in [9.17, 15) is 9.59 Å². The first-order valence-corrected chi connectivity index (χ1v) is 8.42. The Kier molecular flexibility index (Phi) is 8.10. The van der Waals surface area contributed by atoms with E-state index in [-0.39, 0.29) is 25.0 Å². The highest BCUT2D eigenvalue weighted by atomic mass is 16.5. The third kappa shape index (κ3) is 5.99. The maximum absolute atomic E-state index is 11.9. The van der Waals surface area contributed by atoms with Gasteiger partial charge < -0.3 is 19.5 Å². The van der Waals surface area contributed by atoms with E-state index >= 15 is 0 Å². The molecule has 7 nitrogen and oxygen atoms in total. The molecule has 0 atom stereocenters. The zero-order valence-electron chi connectivity index (χ0n) is 15.0.